The fourth-order valence-electron chi connectivity index (χ4n) is 1.19. The third kappa shape index (κ3) is 5.31. The number of hydrogen-bond donors (Lipinski definition) is 4. The van der Waals surface area contributed by atoms with Gasteiger partial charge in [0.25, 0.3) is 0 Å². The first-order valence-electron chi connectivity index (χ1n) is 4.71. The average molecular weight is 218 g/mol. The molecule has 0 aromatic rings. The van der Waals surface area contributed by atoms with E-state index in [4.69, 9.17) is 16.6 Å². The molecular formula is C8H18N4O3. The van der Waals surface area contributed by atoms with Crippen LogP contribution < -0.4 is 16.9 Å². The van der Waals surface area contributed by atoms with Crippen molar-refractivity contribution >= 4 is 11.8 Å². The lowest BCUT2D eigenvalue weighted by Crippen LogP contribution is -2.53. The van der Waals surface area contributed by atoms with Gasteiger partial charge in [-0.3, -0.25) is 15.0 Å². The van der Waals surface area contributed by atoms with Crippen molar-refractivity contribution in [2.45, 2.75) is 19.4 Å². The number of nitrogens with two attached hydrogens (primary N) is 2. The van der Waals surface area contributed by atoms with E-state index in [2.05, 4.69) is 5.43 Å². The Balaban J connectivity index is 4.40. The zero-order chi connectivity index (χ0) is 11.8. The Morgan fingerprint density at radius 2 is 2.07 bits per heavy atom. The summed E-state index contributed by atoms with van der Waals surface area (Å²) in [6.45, 7) is 2.48. The van der Waals surface area contributed by atoms with Gasteiger partial charge in [0.1, 0.15) is 6.04 Å². The second kappa shape index (κ2) is 7.16. The van der Waals surface area contributed by atoms with Crippen LogP contribution in [0.5, 0.6) is 0 Å². The number of nitrogens with zero attached hydrogens (tertiary/aromatic N) is 1. The van der Waals surface area contributed by atoms with Crippen LogP contribution in [0.25, 0.3) is 0 Å². The van der Waals surface area contributed by atoms with Crippen molar-refractivity contribution in [1.82, 2.24) is 10.4 Å². The molecule has 6 N–H and O–H groups in total. The van der Waals surface area contributed by atoms with Gasteiger partial charge in [0, 0.05) is 13.1 Å². The average Bonchev–Trinajstić information content (AvgIpc) is 2.16. The minimum atomic E-state index is -0.779. The number of nitrogens with one attached hydrogen (secondary N) is 1. The van der Waals surface area contributed by atoms with Gasteiger partial charge in [0.05, 0.1) is 13.0 Å². The SMILES string of the molecule is CCN(NCCO)C(CC(N)=O)C(N)=O. The molecule has 0 saturated carbocycles. The van der Waals surface area contributed by atoms with Gasteiger partial charge in [-0.1, -0.05) is 6.92 Å². The van der Waals surface area contributed by atoms with Crippen LogP contribution in [0.3, 0.4) is 0 Å². The van der Waals surface area contributed by atoms with Crippen molar-refractivity contribution in [3.8, 4) is 0 Å². The number of carbonyl (C=O) groups excluding carboxylic acids is 2. The van der Waals surface area contributed by atoms with Crippen molar-refractivity contribution in [2.24, 2.45) is 11.5 Å². The third-order valence-electron chi connectivity index (χ3n) is 1.87. The molecule has 0 aliphatic heterocycles. The van der Waals surface area contributed by atoms with Crippen LogP contribution in [-0.4, -0.2) is 47.7 Å². The first kappa shape index (κ1) is 13.8. The molecule has 0 fully saturated rings. The van der Waals surface area contributed by atoms with Crippen molar-refractivity contribution in [3.05, 3.63) is 0 Å². The maximum atomic E-state index is 11.1. The number of hydrazine groups is 1. The summed E-state index contributed by atoms with van der Waals surface area (Å²) in [4.78, 5) is 21.8. The number of likely N-dealkylation sites (N-methyl/N-ethyl adjacent to an activating group) is 1. The lowest BCUT2D eigenvalue weighted by molar-refractivity contribution is -0.129. The van der Waals surface area contributed by atoms with Crippen molar-refractivity contribution in [1.29, 1.82) is 0 Å². The van der Waals surface area contributed by atoms with Crippen LogP contribution in [0.1, 0.15) is 13.3 Å². The summed E-state index contributed by atoms with van der Waals surface area (Å²) in [5, 5.41) is 10.1. The minimum absolute atomic E-state index is 0.0709. The molecule has 15 heavy (non-hydrogen) atoms. The predicted molar refractivity (Wildman–Crippen MR) is 54.3 cm³/mol. The molecule has 0 aromatic heterocycles. The molecule has 88 valence electrons. The second-order valence-corrected chi connectivity index (χ2v) is 3.01. The van der Waals surface area contributed by atoms with Crippen molar-refractivity contribution < 1.29 is 14.7 Å². The highest BCUT2D eigenvalue weighted by atomic mass is 16.3. The number of rotatable bonds is 8. The van der Waals surface area contributed by atoms with Crippen LogP contribution in [-0.2, 0) is 9.59 Å². The smallest absolute Gasteiger partial charge is 0.236 e. The Hall–Kier alpha value is -1.18. The van der Waals surface area contributed by atoms with Crippen molar-refractivity contribution in [2.75, 3.05) is 19.7 Å². The number of aliphatic hydroxyl groups is 1. The molecule has 0 heterocycles. The highest BCUT2D eigenvalue weighted by Crippen LogP contribution is 2.00. The van der Waals surface area contributed by atoms with Crippen LogP contribution in [0.15, 0.2) is 0 Å². The molecule has 0 aliphatic carbocycles. The zero-order valence-corrected chi connectivity index (χ0v) is 8.77. The summed E-state index contributed by atoms with van der Waals surface area (Å²) < 4.78 is 0. The molecule has 0 aliphatic rings. The predicted octanol–water partition coefficient (Wildman–Crippen LogP) is -2.47. The number of carbonyl (C=O) groups is 2. The zero-order valence-electron chi connectivity index (χ0n) is 8.77. The maximum absolute atomic E-state index is 11.1. The Bertz CT molecular complexity index is 222. The molecule has 0 bridgehead atoms. The van der Waals surface area contributed by atoms with Gasteiger partial charge in [-0.25, -0.2) is 5.01 Å². The molecular weight excluding hydrogens is 200 g/mol. The minimum Gasteiger partial charge on any atom is -0.395 e. The van der Waals surface area contributed by atoms with E-state index in [9.17, 15) is 9.59 Å². The molecule has 7 nitrogen and oxygen atoms in total. The Kier molecular flexibility index (Phi) is 6.59. The Labute approximate surface area is 88.4 Å². The molecule has 2 amide bonds. The normalized spacial score (nSPS) is 12.7. The summed E-state index contributed by atoms with van der Waals surface area (Å²) in [7, 11) is 0. The molecule has 0 aromatic carbocycles. The van der Waals surface area contributed by atoms with Gasteiger partial charge in [0.2, 0.25) is 11.8 Å². The lowest BCUT2D eigenvalue weighted by atomic mass is 10.2. The van der Waals surface area contributed by atoms with E-state index in [1.807, 2.05) is 0 Å². The van der Waals surface area contributed by atoms with Gasteiger partial charge in [-0.2, -0.15) is 0 Å². The maximum Gasteiger partial charge on any atom is 0.236 e. The summed E-state index contributed by atoms with van der Waals surface area (Å²) in [6, 6.07) is -0.779. The molecule has 0 radical (unpaired) electrons. The van der Waals surface area contributed by atoms with Gasteiger partial charge < -0.3 is 16.6 Å². The Morgan fingerprint density at radius 1 is 1.47 bits per heavy atom. The van der Waals surface area contributed by atoms with E-state index in [1.165, 1.54) is 5.01 Å². The first-order valence-corrected chi connectivity index (χ1v) is 4.71. The Morgan fingerprint density at radius 3 is 2.40 bits per heavy atom. The molecule has 0 rings (SSSR count). The summed E-state index contributed by atoms with van der Waals surface area (Å²) in [5.41, 5.74) is 12.9. The quantitative estimate of drug-likeness (QED) is 0.336. The number of amides is 2. The van der Waals surface area contributed by atoms with Gasteiger partial charge in [0.15, 0.2) is 0 Å². The topological polar surface area (TPSA) is 122 Å². The third-order valence-corrected chi connectivity index (χ3v) is 1.87. The van der Waals surface area contributed by atoms with Crippen LogP contribution in [0, 0.1) is 0 Å². The van der Waals surface area contributed by atoms with Gasteiger partial charge in [-0.05, 0) is 0 Å². The highest BCUT2D eigenvalue weighted by molar-refractivity contribution is 5.86. The monoisotopic (exact) mass is 218 g/mol. The van der Waals surface area contributed by atoms with E-state index in [1.54, 1.807) is 6.92 Å². The van der Waals surface area contributed by atoms with E-state index >= 15 is 0 Å². The fraction of sp³-hybridized carbons (Fsp3) is 0.750. The van der Waals surface area contributed by atoms with Crippen molar-refractivity contribution in [3.63, 3.8) is 0 Å². The number of hydrogen-bond acceptors (Lipinski definition) is 5. The highest BCUT2D eigenvalue weighted by Gasteiger charge is 2.24. The van der Waals surface area contributed by atoms with E-state index in [0.29, 0.717) is 6.54 Å². The van der Waals surface area contributed by atoms with Gasteiger partial charge in [-0.15, -0.1) is 0 Å². The molecule has 0 spiro atoms. The largest absolute Gasteiger partial charge is 0.395 e. The van der Waals surface area contributed by atoms with E-state index in [-0.39, 0.29) is 19.6 Å². The van der Waals surface area contributed by atoms with Crippen LogP contribution in [0.4, 0.5) is 0 Å². The molecule has 1 unspecified atom stereocenters. The summed E-state index contributed by atoms with van der Waals surface area (Å²) in [5.74, 6) is -1.22. The van der Waals surface area contributed by atoms with E-state index < -0.39 is 17.9 Å². The van der Waals surface area contributed by atoms with Gasteiger partial charge >= 0.3 is 0 Å². The summed E-state index contributed by atoms with van der Waals surface area (Å²) >= 11 is 0. The first-order chi connectivity index (χ1) is 7.02. The van der Waals surface area contributed by atoms with Crippen LogP contribution in [0.2, 0.25) is 0 Å². The standard InChI is InChI=1S/C8H18N4O3/c1-2-12(11-3-4-13)6(8(10)15)5-7(9)14/h6,11,13H,2-5H2,1H3,(H2,9,14)(H2,10,15). The number of primary amides is 2. The molecule has 0 saturated heterocycles. The van der Waals surface area contributed by atoms with E-state index in [0.717, 1.165) is 0 Å². The van der Waals surface area contributed by atoms with Crippen LogP contribution >= 0.6 is 0 Å². The molecule has 1 atom stereocenters. The summed E-state index contributed by atoms with van der Waals surface area (Å²) in [6.07, 6.45) is -0.137. The lowest BCUT2D eigenvalue weighted by Gasteiger charge is -2.27. The molecule has 7 heteroatoms. The fourth-order valence-corrected chi connectivity index (χ4v) is 1.19. The number of aliphatic hydroxyl groups excluding tert-OH is 1. The second-order valence-electron chi connectivity index (χ2n) is 3.01.